The maximum atomic E-state index is 13.1. The van der Waals surface area contributed by atoms with Gasteiger partial charge in [-0.25, -0.2) is 4.79 Å². The zero-order valence-corrected chi connectivity index (χ0v) is 20.8. The van der Waals surface area contributed by atoms with Crippen molar-refractivity contribution < 1.29 is 37.1 Å². The minimum atomic E-state index is -5.26. The Morgan fingerprint density at radius 2 is 1.54 bits per heavy atom. The van der Waals surface area contributed by atoms with E-state index in [2.05, 4.69) is 10.2 Å². The molecule has 0 bridgehead atoms. The number of alkyl halides is 3. The Bertz CT molecular complexity index is 1090. The van der Waals surface area contributed by atoms with Crippen molar-refractivity contribution in [3.05, 3.63) is 54.6 Å². The van der Waals surface area contributed by atoms with Crippen LogP contribution in [0.5, 0.6) is 11.5 Å². The number of hydrogen-bond acceptors (Lipinski definition) is 6. The Morgan fingerprint density at radius 1 is 0.919 bits per heavy atom. The first-order chi connectivity index (χ1) is 17.3. The molecule has 1 aliphatic rings. The number of piperidine rings is 1. The van der Waals surface area contributed by atoms with Crippen molar-refractivity contribution in [3.63, 3.8) is 0 Å². The van der Waals surface area contributed by atoms with Crippen molar-refractivity contribution in [3.8, 4) is 11.5 Å². The van der Waals surface area contributed by atoms with Crippen LogP contribution in [0, 0.1) is 17.3 Å². The van der Waals surface area contributed by atoms with Crippen molar-refractivity contribution in [2.24, 2.45) is 17.3 Å². The second-order valence-corrected chi connectivity index (χ2v) is 10.1. The van der Waals surface area contributed by atoms with Crippen LogP contribution in [0.2, 0.25) is 0 Å². The van der Waals surface area contributed by atoms with Crippen LogP contribution in [0.1, 0.15) is 27.2 Å². The average Bonchev–Trinajstić information content (AvgIpc) is 2.82. The molecule has 2 N–H and O–H groups in total. The smallest absolute Gasteiger partial charge is 0.457 e. The van der Waals surface area contributed by atoms with E-state index in [-0.39, 0.29) is 12.0 Å². The SMILES string of the molecule is CC(C)(C)CN1CCC(C(=O)Nc2ccc(Oc3ccccc3)cc2)[C@@H](C(=O)NOC(=O)C(F)(F)F)C1. The number of carbonyl (C=O) groups excluding carboxylic acids is 3. The van der Waals surface area contributed by atoms with E-state index in [1.807, 2.05) is 43.9 Å². The van der Waals surface area contributed by atoms with Gasteiger partial charge in [0, 0.05) is 18.8 Å². The van der Waals surface area contributed by atoms with E-state index in [4.69, 9.17) is 4.74 Å². The van der Waals surface area contributed by atoms with Gasteiger partial charge in [-0.05, 0) is 54.8 Å². The Labute approximate surface area is 213 Å². The molecule has 0 saturated carbocycles. The molecule has 0 aromatic heterocycles. The summed E-state index contributed by atoms with van der Waals surface area (Å²) in [6.07, 6.45) is -4.96. The monoisotopic (exact) mass is 521 g/mol. The molecule has 2 aromatic rings. The summed E-state index contributed by atoms with van der Waals surface area (Å²) in [6.45, 7) is 7.28. The van der Waals surface area contributed by atoms with Gasteiger partial charge in [-0.15, -0.1) is 0 Å². The lowest BCUT2D eigenvalue weighted by molar-refractivity contribution is -0.208. The van der Waals surface area contributed by atoms with Gasteiger partial charge in [-0.3, -0.25) is 9.59 Å². The Kier molecular flexibility index (Phi) is 8.80. The number of ether oxygens (including phenoxy) is 1. The number of nitrogens with one attached hydrogen (secondary N) is 2. The first-order valence-electron chi connectivity index (χ1n) is 11.8. The quantitative estimate of drug-likeness (QED) is 0.542. The second kappa shape index (κ2) is 11.6. The van der Waals surface area contributed by atoms with E-state index in [0.29, 0.717) is 36.7 Å². The predicted molar refractivity (Wildman–Crippen MR) is 129 cm³/mol. The minimum Gasteiger partial charge on any atom is -0.457 e. The predicted octanol–water partition coefficient (Wildman–Crippen LogP) is 4.54. The fourth-order valence-electron chi connectivity index (χ4n) is 4.11. The first kappa shape index (κ1) is 28.0. The second-order valence-electron chi connectivity index (χ2n) is 10.1. The summed E-state index contributed by atoms with van der Waals surface area (Å²) in [7, 11) is 0. The highest BCUT2D eigenvalue weighted by atomic mass is 19.4. The maximum absolute atomic E-state index is 13.1. The number of nitrogens with zero attached hydrogens (tertiary/aromatic N) is 1. The highest BCUT2D eigenvalue weighted by Gasteiger charge is 2.44. The zero-order valence-electron chi connectivity index (χ0n) is 20.8. The molecule has 0 radical (unpaired) electrons. The van der Waals surface area contributed by atoms with Gasteiger partial charge in [0.25, 0.3) is 5.91 Å². The summed E-state index contributed by atoms with van der Waals surface area (Å²) >= 11 is 0. The van der Waals surface area contributed by atoms with Crippen molar-refractivity contribution in [1.29, 1.82) is 0 Å². The van der Waals surface area contributed by atoms with E-state index in [1.165, 1.54) is 0 Å². The normalized spacial score (nSPS) is 18.5. The van der Waals surface area contributed by atoms with E-state index in [9.17, 15) is 27.6 Å². The van der Waals surface area contributed by atoms with E-state index in [0.717, 1.165) is 0 Å². The third-order valence-corrected chi connectivity index (χ3v) is 5.64. The van der Waals surface area contributed by atoms with Crippen LogP contribution in [-0.2, 0) is 19.2 Å². The number of amides is 2. The highest BCUT2D eigenvalue weighted by Crippen LogP contribution is 2.29. The van der Waals surface area contributed by atoms with Gasteiger partial charge in [0.2, 0.25) is 5.91 Å². The van der Waals surface area contributed by atoms with Crippen LogP contribution in [-0.4, -0.2) is 48.5 Å². The van der Waals surface area contributed by atoms with Gasteiger partial charge < -0.3 is 19.8 Å². The Balaban J connectivity index is 1.68. The summed E-state index contributed by atoms with van der Waals surface area (Å²) in [5, 5.41) is 2.76. The van der Waals surface area contributed by atoms with Crippen LogP contribution < -0.4 is 15.5 Å². The number of hydrogen-bond donors (Lipinski definition) is 2. The van der Waals surface area contributed by atoms with Gasteiger partial charge in [0.15, 0.2) is 0 Å². The van der Waals surface area contributed by atoms with Crippen molar-refractivity contribution in [1.82, 2.24) is 10.4 Å². The fraction of sp³-hybridized carbons (Fsp3) is 0.423. The van der Waals surface area contributed by atoms with Crippen molar-refractivity contribution in [2.45, 2.75) is 33.4 Å². The molecule has 8 nitrogen and oxygen atoms in total. The lowest BCUT2D eigenvalue weighted by atomic mass is 9.83. The molecule has 3 rings (SSSR count). The Hall–Kier alpha value is -3.60. The minimum absolute atomic E-state index is 0.109. The Morgan fingerprint density at radius 3 is 2.14 bits per heavy atom. The maximum Gasteiger partial charge on any atom is 0.493 e. The lowest BCUT2D eigenvalue weighted by Crippen LogP contribution is -2.52. The number of carbonyl (C=O) groups is 3. The number of para-hydroxylation sites is 1. The standard InChI is InChI=1S/C26H30F3N3O5/c1-25(2,3)16-32-14-13-20(21(15-32)23(34)31-37-24(35)26(27,28)29)22(33)30-17-9-11-19(12-10-17)36-18-7-5-4-6-8-18/h4-12,20-21H,13-16H2,1-3H3,(H,30,33)(H,31,34)/t20?,21-/m0/s1. The van der Waals surface area contributed by atoms with Crippen molar-refractivity contribution in [2.75, 3.05) is 25.0 Å². The van der Waals surface area contributed by atoms with Gasteiger partial charge >= 0.3 is 12.1 Å². The summed E-state index contributed by atoms with van der Waals surface area (Å²) in [6, 6.07) is 15.8. The molecule has 1 heterocycles. The van der Waals surface area contributed by atoms with E-state index in [1.54, 1.807) is 41.9 Å². The topological polar surface area (TPSA) is 97.0 Å². The molecule has 11 heteroatoms. The molecular formula is C26H30F3N3O5. The zero-order chi connectivity index (χ0) is 27.2. The van der Waals surface area contributed by atoms with Gasteiger partial charge in [-0.1, -0.05) is 39.0 Å². The number of halogens is 3. The molecule has 2 amide bonds. The van der Waals surface area contributed by atoms with Crippen molar-refractivity contribution >= 4 is 23.5 Å². The summed E-state index contributed by atoms with van der Waals surface area (Å²) < 4.78 is 43.2. The number of anilines is 1. The molecule has 2 aromatic carbocycles. The molecule has 1 aliphatic heterocycles. The summed E-state index contributed by atoms with van der Waals surface area (Å²) in [5.74, 6) is -4.64. The lowest BCUT2D eigenvalue weighted by Gasteiger charge is -2.39. The number of hydroxylamine groups is 1. The molecule has 0 spiro atoms. The molecule has 1 saturated heterocycles. The first-order valence-corrected chi connectivity index (χ1v) is 11.8. The largest absolute Gasteiger partial charge is 0.493 e. The van der Waals surface area contributed by atoms with Gasteiger partial charge in [0.1, 0.15) is 11.5 Å². The van der Waals surface area contributed by atoms with Crippen LogP contribution in [0.25, 0.3) is 0 Å². The van der Waals surface area contributed by atoms with Gasteiger partial charge in [-0.2, -0.15) is 18.7 Å². The molecule has 2 atom stereocenters. The van der Waals surface area contributed by atoms with Gasteiger partial charge in [0.05, 0.1) is 11.8 Å². The summed E-state index contributed by atoms with van der Waals surface area (Å²) in [4.78, 5) is 42.8. The van der Waals surface area contributed by atoms with Crippen LogP contribution >= 0.6 is 0 Å². The highest BCUT2D eigenvalue weighted by molar-refractivity contribution is 5.96. The van der Waals surface area contributed by atoms with Crippen LogP contribution in [0.3, 0.4) is 0 Å². The van der Waals surface area contributed by atoms with Crippen LogP contribution in [0.15, 0.2) is 54.6 Å². The number of benzene rings is 2. The molecule has 0 aliphatic carbocycles. The molecule has 1 fully saturated rings. The van der Waals surface area contributed by atoms with Crippen LogP contribution in [0.4, 0.5) is 18.9 Å². The summed E-state index contributed by atoms with van der Waals surface area (Å²) in [5.41, 5.74) is 1.94. The third kappa shape index (κ3) is 8.49. The molecule has 1 unspecified atom stereocenters. The van der Waals surface area contributed by atoms with E-state index < -0.39 is 35.8 Å². The molecule has 200 valence electrons. The average molecular weight is 522 g/mol. The fourth-order valence-corrected chi connectivity index (χ4v) is 4.11. The number of rotatable bonds is 6. The van der Waals surface area contributed by atoms with E-state index >= 15 is 0 Å². The molecule has 37 heavy (non-hydrogen) atoms. The number of likely N-dealkylation sites (tertiary alicyclic amines) is 1. The molecular weight excluding hydrogens is 491 g/mol. The third-order valence-electron chi connectivity index (χ3n) is 5.64.